The minimum atomic E-state index is -0.885. The molecule has 3 unspecified atom stereocenters. The highest BCUT2D eigenvalue weighted by molar-refractivity contribution is 5.49. The van der Waals surface area contributed by atoms with E-state index < -0.39 is 11.8 Å². The Morgan fingerprint density at radius 1 is 1.03 bits per heavy atom. The van der Waals surface area contributed by atoms with Crippen molar-refractivity contribution < 1.29 is 14.6 Å². The van der Waals surface area contributed by atoms with E-state index in [2.05, 4.69) is 36.9 Å². The van der Waals surface area contributed by atoms with E-state index in [1.165, 1.54) is 23.3 Å². The molecule has 29 heavy (non-hydrogen) atoms. The number of piperidine rings is 1. The number of aliphatic hydroxyl groups is 2. The number of benzene rings is 2. The number of nitrogens with zero attached hydrogens (tertiary/aromatic N) is 1. The number of hydrogen-bond acceptors (Lipinski definition) is 3. The predicted octanol–water partition coefficient (Wildman–Crippen LogP) is 4.72. The van der Waals surface area contributed by atoms with Crippen LogP contribution in [0.3, 0.4) is 0 Å². The Hall–Kier alpha value is -1.75. The molecule has 1 aliphatic carbocycles. The summed E-state index contributed by atoms with van der Waals surface area (Å²) < 4.78 is 13.5. The van der Waals surface area contributed by atoms with Gasteiger partial charge in [0.05, 0.1) is 5.60 Å². The van der Waals surface area contributed by atoms with Crippen LogP contribution in [0.2, 0.25) is 0 Å². The Labute approximate surface area is 173 Å². The molecule has 0 saturated carbocycles. The summed E-state index contributed by atoms with van der Waals surface area (Å²) >= 11 is 0. The SMILES string of the molecule is CC(C)c1ccc2c(c1)C(O)(C1CCN(C(C)O)CC1)CC2c1ccc(F)cc1. The maximum Gasteiger partial charge on any atom is 0.123 e. The first-order chi connectivity index (χ1) is 13.8. The van der Waals surface area contributed by atoms with E-state index in [1.807, 2.05) is 12.1 Å². The summed E-state index contributed by atoms with van der Waals surface area (Å²) in [5, 5.41) is 21.9. The second kappa shape index (κ2) is 7.82. The summed E-state index contributed by atoms with van der Waals surface area (Å²) in [4.78, 5) is 2.07. The van der Waals surface area contributed by atoms with Crippen molar-refractivity contribution in [3.05, 3.63) is 70.5 Å². The molecule has 1 heterocycles. The highest BCUT2D eigenvalue weighted by atomic mass is 19.1. The van der Waals surface area contributed by atoms with Gasteiger partial charge in [-0.3, -0.25) is 4.90 Å². The number of likely N-dealkylation sites (tertiary alicyclic amines) is 1. The number of fused-ring (bicyclic) bond motifs is 1. The summed E-state index contributed by atoms with van der Waals surface area (Å²) in [5.41, 5.74) is 3.63. The molecule has 1 aliphatic heterocycles. The van der Waals surface area contributed by atoms with Crippen molar-refractivity contribution in [3.63, 3.8) is 0 Å². The Morgan fingerprint density at radius 2 is 1.69 bits per heavy atom. The highest BCUT2D eigenvalue weighted by Crippen LogP contribution is 2.53. The van der Waals surface area contributed by atoms with Gasteiger partial charge in [0.1, 0.15) is 12.0 Å². The van der Waals surface area contributed by atoms with Crippen LogP contribution in [0.25, 0.3) is 0 Å². The van der Waals surface area contributed by atoms with Crippen molar-refractivity contribution in [2.75, 3.05) is 13.1 Å². The lowest BCUT2D eigenvalue weighted by Gasteiger charge is -2.41. The molecule has 2 aromatic rings. The van der Waals surface area contributed by atoms with E-state index >= 15 is 0 Å². The molecule has 0 spiro atoms. The fourth-order valence-electron chi connectivity index (χ4n) is 5.27. The van der Waals surface area contributed by atoms with Crippen LogP contribution >= 0.6 is 0 Å². The third-order valence-electron chi connectivity index (χ3n) is 7.11. The number of aliphatic hydroxyl groups excluding tert-OH is 1. The van der Waals surface area contributed by atoms with Gasteiger partial charge in [0.15, 0.2) is 0 Å². The average Bonchev–Trinajstić information content (AvgIpc) is 3.02. The van der Waals surface area contributed by atoms with Gasteiger partial charge in [-0.05, 0) is 72.4 Å². The number of halogens is 1. The van der Waals surface area contributed by atoms with Gasteiger partial charge in [0, 0.05) is 19.0 Å². The summed E-state index contributed by atoms with van der Waals surface area (Å²) in [6.45, 7) is 7.75. The molecule has 2 aromatic carbocycles. The molecule has 2 aliphatic rings. The Bertz CT molecular complexity index is 856. The first-order valence-electron chi connectivity index (χ1n) is 10.8. The van der Waals surface area contributed by atoms with Gasteiger partial charge in [-0.25, -0.2) is 4.39 Å². The topological polar surface area (TPSA) is 43.7 Å². The second-order valence-corrected chi connectivity index (χ2v) is 9.18. The van der Waals surface area contributed by atoms with Gasteiger partial charge in [0.25, 0.3) is 0 Å². The Morgan fingerprint density at radius 3 is 2.28 bits per heavy atom. The largest absolute Gasteiger partial charge is 0.385 e. The molecule has 0 amide bonds. The second-order valence-electron chi connectivity index (χ2n) is 9.18. The molecule has 0 aromatic heterocycles. The van der Waals surface area contributed by atoms with E-state index in [9.17, 15) is 14.6 Å². The zero-order valence-corrected chi connectivity index (χ0v) is 17.6. The normalized spacial score (nSPS) is 26.7. The third-order valence-corrected chi connectivity index (χ3v) is 7.11. The van der Waals surface area contributed by atoms with Crippen LogP contribution in [-0.4, -0.2) is 34.4 Å². The van der Waals surface area contributed by atoms with Gasteiger partial charge >= 0.3 is 0 Å². The van der Waals surface area contributed by atoms with E-state index in [0.717, 1.165) is 37.1 Å². The zero-order chi connectivity index (χ0) is 20.8. The molecule has 0 radical (unpaired) electrons. The summed E-state index contributed by atoms with van der Waals surface area (Å²) in [5.74, 6) is 0.394. The van der Waals surface area contributed by atoms with Gasteiger partial charge in [-0.2, -0.15) is 0 Å². The maximum absolute atomic E-state index is 13.5. The van der Waals surface area contributed by atoms with Crippen molar-refractivity contribution in [2.24, 2.45) is 5.92 Å². The van der Waals surface area contributed by atoms with Gasteiger partial charge in [-0.1, -0.05) is 44.2 Å². The maximum atomic E-state index is 13.5. The first kappa shape index (κ1) is 20.5. The number of rotatable bonds is 4. The lowest BCUT2D eigenvalue weighted by atomic mass is 9.75. The first-order valence-corrected chi connectivity index (χ1v) is 10.8. The lowest BCUT2D eigenvalue weighted by molar-refractivity contribution is -0.0725. The van der Waals surface area contributed by atoms with Gasteiger partial charge in [0.2, 0.25) is 0 Å². The molecule has 4 heteroatoms. The third kappa shape index (κ3) is 3.74. The average molecular weight is 398 g/mol. The molecule has 1 saturated heterocycles. The minimum Gasteiger partial charge on any atom is -0.385 e. The van der Waals surface area contributed by atoms with Crippen molar-refractivity contribution >= 4 is 0 Å². The van der Waals surface area contributed by atoms with E-state index in [-0.39, 0.29) is 17.7 Å². The fraction of sp³-hybridized carbons (Fsp3) is 0.520. The van der Waals surface area contributed by atoms with Crippen LogP contribution in [0.1, 0.15) is 74.1 Å². The van der Waals surface area contributed by atoms with Crippen molar-refractivity contribution in [1.82, 2.24) is 4.90 Å². The summed E-state index contributed by atoms with van der Waals surface area (Å²) in [6, 6.07) is 13.3. The monoisotopic (exact) mass is 397 g/mol. The van der Waals surface area contributed by atoms with Crippen LogP contribution in [0.15, 0.2) is 42.5 Å². The molecular formula is C25H32FNO2. The smallest absolute Gasteiger partial charge is 0.123 e. The highest BCUT2D eigenvalue weighted by Gasteiger charge is 2.48. The van der Waals surface area contributed by atoms with E-state index in [0.29, 0.717) is 12.3 Å². The fourth-order valence-corrected chi connectivity index (χ4v) is 5.27. The molecule has 1 fully saturated rings. The molecular weight excluding hydrogens is 365 g/mol. The number of hydrogen-bond donors (Lipinski definition) is 2. The molecule has 0 bridgehead atoms. The van der Waals surface area contributed by atoms with Gasteiger partial charge in [-0.15, -0.1) is 0 Å². The molecule has 2 N–H and O–H groups in total. The Kier molecular flexibility index (Phi) is 5.54. The summed E-state index contributed by atoms with van der Waals surface area (Å²) in [6.07, 6.45) is 1.92. The van der Waals surface area contributed by atoms with Crippen molar-refractivity contribution in [3.8, 4) is 0 Å². The molecule has 4 rings (SSSR count). The van der Waals surface area contributed by atoms with Gasteiger partial charge < -0.3 is 10.2 Å². The van der Waals surface area contributed by atoms with Crippen LogP contribution in [-0.2, 0) is 5.60 Å². The van der Waals surface area contributed by atoms with E-state index in [4.69, 9.17) is 0 Å². The molecule has 156 valence electrons. The van der Waals surface area contributed by atoms with Crippen molar-refractivity contribution in [1.29, 1.82) is 0 Å². The van der Waals surface area contributed by atoms with Crippen LogP contribution in [0.4, 0.5) is 4.39 Å². The zero-order valence-electron chi connectivity index (χ0n) is 17.6. The van der Waals surface area contributed by atoms with Crippen LogP contribution in [0, 0.1) is 11.7 Å². The lowest BCUT2D eigenvalue weighted by Crippen LogP contribution is -2.45. The van der Waals surface area contributed by atoms with Crippen molar-refractivity contribution in [2.45, 2.75) is 63.7 Å². The van der Waals surface area contributed by atoms with E-state index in [1.54, 1.807) is 6.92 Å². The van der Waals surface area contributed by atoms with Crippen LogP contribution < -0.4 is 0 Å². The molecule has 3 atom stereocenters. The summed E-state index contributed by atoms with van der Waals surface area (Å²) in [7, 11) is 0. The Balaban J connectivity index is 1.71. The minimum absolute atomic E-state index is 0.0756. The predicted molar refractivity (Wildman–Crippen MR) is 113 cm³/mol. The molecule has 3 nitrogen and oxygen atoms in total. The quantitative estimate of drug-likeness (QED) is 0.784. The standard InChI is InChI=1S/C25H32FNO2/c1-16(2)19-6-9-22-23(18-4-7-21(26)8-5-18)15-25(29,24(22)14-19)20-10-12-27(13-11-20)17(3)28/h4-9,14,16-17,20,23,28-29H,10-13,15H2,1-3H3. The van der Waals surface area contributed by atoms with Crippen LogP contribution in [0.5, 0.6) is 0 Å².